The molecule has 9 heteroatoms. The number of methoxy groups -OCH3 is 1. The fraction of sp³-hybridized carbons (Fsp3) is 0.290. The fourth-order valence-corrected chi connectivity index (χ4v) is 5.72. The number of aromatic hydroxyl groups is 1. The third-order valence-electron chi connectivity index (χ3n) is 6.58. The van der Waals surface area contributed by atoms with Crippen LogP contribution >= 0.6 is 11.8 Å². The zero-order chi connectivity index (χ0) is 28.9. The molecule has 1 heterocycles. The number of benzene rings is 3. The molecule has 1 amide bonds. The maximum absolute atomic E-state index is 13.7. The standard InChI is InChI=1S/C31H32FNO6S/c1-31(2,18-34)17-33-27(36)16-39-25-10-6-8-22(29(25)38-3)30-23(28(37)21-7-4-5-9-24(21)35)15-26(40-30)19-11-13-20(32)14-12-19/h4-15,23,30,34-35H,16-18H2,1-3H3,(H,33,36). The first-order chi connectivity index (χ1) is 19.1. The number of nitrogens with one attached hydrogen (secondary N) is 1. The lowest BCUT2D eigenvalue weighted by molar-refractivity contribution is -0.123. The maximum atomic E-state index is 13.7. The molecule has 7 nitrogen and oxygen atoms in total. The van der Waals surface area contributed by atoms with E-state index in [1.807, 2.05) is 26.0 Å². The van der Waals surface area contributed by atoms with E-state index in [-0.39, 0.29) is 48.6 Å². The van der Waals surface area contributed by atoms with Crippen molar-refractivity contribution < 1.29 is 33.7 Å². The van der Waals surface area contributed by atoms with Crippen LogP contribution in [-0.4, -0.2) is 48.8 Å². The van der Waals surface area contributed by atoms with Crippen molar-refractivity contribution in [3.05, 3.63) is 95.3 Å². The second kappa shape index (κ2) is 12.6. The highest BCUT2D eigenvalue weighted by Gasteiger charge is 2.38. The Balaban J connectivity index is 1.64. The lowest BCUT2D eigenvalue weighted by Crippen LogP contribution is -2.38. The molecular formula is C31H32FNO6S. The highest BCUT2D eigenvalue weighted by Crippen LogP contribution is 2.55. The number of halogens is 1. The summed E-state index contributed by atoms with van der Waals surface area (Å²) in [6.07, 6.45) is 1.83. The molecule has 3 aromatic carbocycles. The van der Waals surface area contributed by atoms with Crippen molar-refractivity contribution >= 4 is 28.4 Å². The summed E-state index contributed by atoms with van der Waals surface area (Å²) in [5.74, 6) is -1.05. The number of allylic oxidation sites excluding steroid dienone is 1. The zero-order valence-corrected chi connectivity index (χ0v) is 23.3. The van der Waals surface area contributed by atoms with E-state index in [9.17, 15) is 24.2 Å². The van der Waals surface area contributed by atoms with Crippen molar-refractivity contribution in [2.75, 3.05) is 26.9 Å². The van der Waals surface area contributed by atoms with Crippen LogP contribution in [0.25, 0.3) is 4.91 Å². The van der Waals surface area contributed by atoms with Gasteiger partial charge in [-0.15, -0.1) is 11.8 Å². The summed E-state index contributed by atoms with van der Waals surface area (Å²) >= 11 is 1.43. The van der Waals surface area contributed by atoms with Crippen LogP contribution in [0, 0.1) is 17.2 Å². The molecule has 0 fully saturated rings. The van der Waals surface area contributed by atoms with Gasteiger partial charge in [0, 0.05) is 29.0 Å². The summed E-state index contributed by atoms with van der Waals surface area (Å²) in [6, 6.07) is 17.7. The number of carbonyl (C=O) groups is 2. The summed E-state index contributed by atoms with van der Waals surface area (Å²) in [7, 11) is 1.49. The number of rotatable bonds is 11. The number of carbonyl (C=O) groups excluding carboxylic acids is 2. The first-order valence-electron chi connectivity index (χ1n) is 12.8. The molecule has 1 aliphatic heterocycles. The second-order valence-electron chi connectivity index (χ2n) is 10.2. The van der Waals surface area contributed by atoms with Crippen molar-refractivity contribution in [1.29, 1.82) is 0 Å². The average Bonchev–Trinajstić information content (AvgIpc) is 3.40. The molecule has 40 heavy (non-hydrogen) atoms. The number of ether oxygens (including phenoxy) is 2. The van der Waals surface area contributed by atoms with Gasteiger partial charge in [-0.2, -0.15) is 0 Å². The molecule has 3 N–H and O–H groups in total. The molecule has 0 spiro atoms. The molecule has 0 saturated heterocycles. The predicted molar refractivity (Wildman–Crippen MR) is 153 cm³/mol. The van der Waals surface area contributed by atoms with Crippen LogP contribution < -0.4 is 14.8 Å². The Bertz CT molecular complexity index is 1410. The first-order valence-corrected chi connectivity index (χ1v) is 13.7. The molecular weight excluding hydrogens is 533 g/mol. The summed E-state index contributed by atoms with van der Waals surface area (Å²) < 4.78 is 25.2. The third-order valence-corrected chi connectivity index (χ3v) is 8.01. The van der Waals surface area contributed by atoms with Gasteiger partial charge in [-0.05, 0) is 35.9 Å². The number of hydrogen-bond acceptors (Lipinski definition) is 7. The van der Waals surface area contributed by atoms with Gasteiger partial charge in [-0.25, -0.2) is 4.39 Å². The Kier molecular flexibility index (Phi) is 9.17. The van der Waals surface area contributed by atoms with Gasteiger partial charge in [0.05, 0.1) is 23.8 Å². The summed E-state index contributed by atoms with van der Waals surface area (Å²) in [5.41, 5.74) is 1.17. The van der Waals surface area contributed by atoms with E-state index in [1.54, 1.807) is 42.5 Å². The van der Waals surface area contributed by atoms with E-state index >= 15 is 0 Å². The largest absolute Gasteiger partial charge is 0.507 e. The van der Waals surface area contributed by atoms with E-state index in [0.717, 1.165) is 10.5 Å². The molecule has 2 atom stereocenters. The number of phenols is 1. The van der Waals surface area contributed by atoms with Crippen LogP contribution in [0.4, 0.5) is 4.39 Å². The van der Waals surface area contributed by atoms with Gasteiger partial charge in [0.25, 0.3) is 5.91 Å². The molecule has 4 rings (SSSR count). The Morgan fingerprint density at radius 3 is 2.45 bits per heavy atom. The van der Waals surface area contributed by atoms with Gasteiger partial charge in [-0.1, -0.05) is 56.3 Å². The number of hydrogen-bond donors (Lipinski definition) is 3. The van der Waals surface area contributed by atoms with Gasteiger partial charge in [0.2, 0.25) is 0 Å². The van der Waals surface area contributed by atoms with Crippen LogP contribution in [0.1, 0.15) is 40.6 Å². The molecule has 0 radical (unpaired) electrons. The predicted octanol–water partition coefficient (Wildman–Crippen LogP) is 5.38. The van der Waals surface area contributed by atoms with Crippen molar-refractivity contribution in [3.8, 4) is 17.2 Å². The first kappa shape index (κ1) is 29.2. The molecule has 210 valence electrons. The van der Waals surface area contributed by atoms with Crippen LogP contribution in [-0.2, 0) is 4.79 Å². The molecule has 0 saturated carbocycles. The monoisotopic (exact) mass is 565 g/mol. The van der Waals surface area contributed by atoms with E-state index in [4.69, 9.17) is 9.47 Å². The van der Waals surface area contributed by atoms with E-state index in [0.29, 0.717) is 17.1 Å². The minimum absolute atomic E-state index is 0.0718. The number of phenolic OH excluding ortho intramolecular Hbond substituents is 1. The highest BCUT2D eigenvalue weighted by atomic mass is 32.2. The molecule has 2 unspecified atom stereocenters. The van der Waals surface area contributed by atoms with Crippen molar-refractivity contribution in [2.45, 2.75) is 19.1 Å². The van der Waals surface area contributed by atoms with Gasteiger partial charge in [0.15, 0.2) is 23.9 Å². The van der Waals surface area contributed by atoms with Crippen LogP contribution in [0.2, 0.25) is 0 Å². The average molecular weight is 566 g/mol. The SMILES string of the molecule is COc1c(OCC(=O)NCC(C)(C)CO)cccc1C1SC(c2ccc(F)cc2)=CC1C(=O)c1ccccc1O. The lowest BCUT2D eigenvalue weighted by atomic mass is 9.89. The van der Waals surface area contributed by atoms with Gasteiger partial charge in [0.1, 0.15) is 11.6 Å². The number of para-hydroxylation sites is 2. The molecule has 0 aliphatic carbocycles. The number of amides is 1. The maximum Gasteiger partial charge on any atom is 0.257 e. The smallest absolute Gasteiger partial charge is 0.257 e. The van der Waals surface area contributed by atoms with Crippen LogP contribution in [0.15, 0.2) is 72.8 Å². The van der Waals surface area contributed by atoms with Gasteiger partial charge < -0.3 is 25.0 Å². The second-order valence-corrected chi connectivity index (χ2v) is 11.4. The normalized spacial score (nSPS) is 16.8. The Morgan fingerprint density at radius 2 is 1.77 bits per heavy atom. The molecule has 0 bridgehead atoms. The van der Waals surface area contributed by atoms with Gasteiger partial charge in [-0.3, -0.25) is 9.59 Å². The lowest BCUT2D eigenvalue weighted by Gasteiger charge is -2.23. The number of thioether (sulfide) groups is 1. The topological polar surface area (TPSA) is 105 Å². The van der Waals surface area contributed by atoms with Crippen LogP contribution in [0.5, 0.6) is 17.2 Å². The quantitative estimate of drug-likeness (QED) is 0.268. The fourth-order valence-electron chi connectivity index (χ4n) is 4.29. The highest BCUT2D eigenvalue weighted by molar-refractivity contribution is 8.08. The summed E-state index contributed by atoms with van der Waals surface area (Å²) in [5, 5.41) is 22.1. The number of aliphatic hydroxyl groups is 1. The summed E-state index contributed by atoms with van der Waals surface area (Å²) in [4.78, 5) is 26.9. The molecule has 1 aliphatic rings. The van der Waals surface area contributed by atoms with Crippen molar-refractivity contribution in [3.63, 3.8) is 0 Å². The Morgan fingerprint density at radius 1 is 1.05 bits per heavy atom. The van der Waals surface area contributed by atoms with Crippen LogP contribution in [0.3, 0.4) is 0 Å². The number of aliphatic hydroxyl groups excluding tert-OH is 1. The van der Waals surface area contributed by atoms with Crippen molar-refractivity contribution in [1.82, 2.24) is 5.32 Å². The van der Waals surface area contributed by atoms with Crippen molar-refractivity contribution in [2.24, 2.45) is 11.3 Å². The van der Waals surface area contributed by atoms with E-state index in [1.165, 1.54) is 37.1 Å². The van der Waals surface area contributed by atoms with E-state index in [2.05, 4.69) is 5.32 Å². The number of ketones is 1. The molecule has 0 aromatic heterocycles. The minimum atomic E-state index is -0.675. The summed E-state index contributed by atoms with van der Waals surface area (Å²) in [6.45, 7) is 3.62. The van der Waals surface area contributed by atoms with Gasteiger partial charge >= 0.3 is 0 Å². The Hall–Kier alpha value is -3.82. The Labute approximate surface area is 237 Å². The zero-order valence-electron chi connectivity index (χ0n) is 22.5. The molecule has 3 aromatic rings. The number of Topliss-reactive ketones (excluding diaryl/α,β-unsaturated/α-hetero) is 1. The third kappa shape index (κ3) is 6.66. The minimum Gasteiger partial charge on any atom is -0.507 e. The van der Waals surface area contributed by atoms with E-state index < -0.39 is 16.6 Å².